The van der Waals surface area contributed by atoms with Crippen LogP contribution in [0, 0.1) is 0 Å². The van der Waals surface area contributed by atoms with Gasteiger partial charge in [-0.05, 0) is 48.6 Å². The summed E-state index contributed by atoms with van der Waals surface area (Å²) in [4.78, 5) is 20.9. The SMILES string of the molecule is CN=C(NCc1cccc(NC(=O)N2CCCC2)c1)N1CCc2ccccc21.I. The maximum Gasteiger partial charge on any atom is 0.321 e. The van der Waals surface area contributed by atoms with Crippen LogP contribution in [0.5, 0.6) is 0 Å². The molecule has 7 heteroatoms. The predicted molar refractivity (Wildman–Crippen MR) is 129 cm³/mol. The summed E-state index contributed by atoms with van der Waals surface area (Å²) < 4.78 is 0. The molecule has 0 unspecified atom stereocenters. The summed E-state index contributed by atoms with van der Waals surface area (Å²) in [5.41, 5.74) is 4.52. The zero-order valence-electron chi connectivity index (χ0n) is 16.7. The van der Waals surface area contributed by atoms with Crippen LogP contribution in [0.15, 0.2) is 53.5 Å². The van der Waals surface area contributed by atoms with Crippen molar-refractivity contribution in [3.8, 4) is 0 Å². The van der Waals surface area contributed by atoms with Gasteiger partial charge in [-0.1, -0.05) is 30.3 Å². The summed E-state index contributed by atoms with van der Waals surface area (Å²) in [5.74, 6) is 0.872. The Kier molecular flexibility index (Phi) is 7.35. The van der Waals surface area contributed by atoms with Gasteiger partial charge in [0.15, 0.2) is 5.96 Å². The van der Waals surface area contributed by atoms with Gasteiger partial charge >= 0.3 is 6.03 Å². The lowest BCUT2D eigenvalue weighted by Gasteiger charge is -2.22. The molecule has 2 N–H and O–H groups in total. The van der Waals surface area contributed by atoms with Gasteiger partial charge in [0.1, 0.15) is 0 Å². The highest BCUT2D eigenvalue weighted by Gasteiger charge is 2.22. The van der Waals surface area contributed by atoms with E-state index in [-0.39, 0.29) is 30.0 Å². The van der Waals surface area contributed by atoms with Gasteiger partial charge in [-0.15, -0.1) is 24.0 Å². The van der Waals surface area contributed by atoms with Crippen LogP contribution in [-0.2, 0) is 13.0 Å². The minimum absolute atomic E-state index is 0. The molecule has 2 aromatic rings. The molecular formula is C22H28IN5O. The molecule has 29 heavy (non-hydrogen) atoms. The molecule has 1 fully saturated rings. The number of para-hydroxylation sites is 1. The molecule has 4 rings (SSSR count). The zero-order chi connectivity index (χ0) is 19.3. The summed E-state index contributed by atoms with van der Waals surface area (Å²) >= 11 is 0. The van der Waals surface area contributed by atoms with Crippen LogP contribution in [0.4, 0.5) is 16.2 Å². The molecule has 0 radical (unpaired) electrons. The lowest BCUT2D eigenvalue weighted by molar-refractivity contribution is 0.222. The average Bonchev–Trinajstić information content (AvgIpc) is 3.39. The number of hydrogen-bond acceptors (Lipinski definition) is 2. The molecule has 0 saturated carbocycles. The third-order valence-corrected chi connectivity index (χ3v) is 5.38. The van der Waals surface area contributed by atoms with E-state index < -0.39 is 0 Å². The van der Waals surface area contributed by atoms with E-state index in [0.717, 1.165) is 56.1 Å². The number of fused-ring (bicyclic) bond motifs is 1. The van der Waals surface area contributed by atoms with E-state index in [1.54, 1.807) is 0 Å². The first-order valence-corrected chi connectivity index (χ1v) is 9.95. The van der Waals surface area contributed by atoms with E-state index in [1.807, 2.05) is 30.1 Å². The van der Waals surface area contributed by atoms with Gasteiger partial charge in [-0.3, -0.25) is 4.99 Å². The fourth-order valence-electron chi connectivity index (χ4n) is 3.92. The largest absolute Gasteiger partial charge is 0.352 e. The molecule has 0 aromatic heterocycles. The van der Waals surface area contributed by atoms with Crippen LogP contribution in [0.2, 0.25) is 0 Å². The van der Waals surface area contributed by atoms with Crippen molar-refractivity contribution in [3.05, 3.63) is 59.7 Å². The van der Waals surface area contributed by atoms with Gasteiger partial charge in [-0.2, -0.15) is 0 Å². The van der Waals surface area contributed by atoms with E-state index in [2.05, 4.69) is 50.9 Å². The molecule has 0 spiro atoms. The van der Waals surface area contributed by atoms with Crippen molar-refractivity contribution in [2.45, 2.75) is 25.8 Å². The number of carbonyl (C=O) groups is 1. The van der Waals surface area contributed by atoms with Crippen molar-refractivity contribution < 1.29 is 4.79 Å². The Morgan fingerprint density at radius 3 is 2.66 bits per heavy atom. The van der Waals surface area contributed by atoms with E-state index in [0.29, 0.717) is 6.54 Å². The van der Waals surface area contributed by atoms with Crippen LogP contribution in [0.1, 0.15) is 24.0 Å². The number of guanidine groups is 1. The molecule has 0 bridgehead atoms. The Morgan fingerprint density at radius 2 is 1.86 bits per heavy atom. The Labute approximate surface area is 189 Å². The Bertz CT molecular complexity index is 879. The number of anilines is 2. The van der Waals surface area contributed by atoms with Crippen molar-refractivity contribution in [3.63, 3.8) is 0 Å². The van der Waals surface area contributed by atoms with Crippen molar-refractivity contribution in [1.82, 2.24) is 10.2 Å². The average molecular weight is 505 g/mol. The summed E-state index contributed by atoms with van der Waals surface area (Å²) in [6, 6.07) is 16.5. The van der Waals surface area contributed by atoms with E-state index in [4.69, 9.17) is 0 Å². The minimum Gasteiger partial charge on any atom is -0.352 e. The first-order chi connectivity index (χ1) is 13.7. The molecule has 2 aliphatic heterocycles. The third-order valence-electron chi connectivity index (χ3n) is 5.38. The number of urea groups is 1. The molecule has 2 heterocycles. The highest BCUT2D eigenvalue weighted by atomic mass is 127. The second-order valence-corrected chi connectivity index (χ2v) is 7.26. The van der Waals surface area contributed by atoms with Crippen molar-refractivity contribution in [2.24, 2.45) is 4.99 Å². The van der Waals surface area contributed by atoms with Gasteiger partial charge in [0.05, 0.1) is 0 Å². The molecule has 2 amide bonds. The first-order valence-electron chi connectivity index (χ1n) is 9.95. The second-order valence-electron chi connectivity index (χ2n) is 7.26. The molecule has 6 nitrogen and oxygen atoms in total. The summed E-state index contributed by atoms with van der Waals surface area (Å²) in [5, 5.41) is 6.47. The summed E-state index contributed by atoms with van der Waals surface area (Å²) in [6.45, 7) is 3.28. The van der Waals surface area contributed by atoms with Crippen LogP contribution >= 0.6 is 24.0 Å². The standard InChI is InChI=1S/C22H27N5O.HI/c1-23-21(27-14-11-18-8-2-3-10-20(18)27)24-16-17-7-6-9-19(15-17)25-22(28)26-12-4-5-13-26;/h2-3,6-10,15H,4-5,11-14,16H2,1H3,(H,23,24)(H,25,28);1H. The van der Waals surface area contributed by atoms with Gasteiger partial charge in [-0.25, -0.2) is 4.79 Å². The Balaban J connectivity index is 0.00000240. The van der Waals surface area contributed by atoms with Gasteiger partial charge in [0, 0.05) is 44.6 Å². The predicted octanol–water partition coefficient (Wildman–Crippen LogP) is 4.07. The van der Waals surface area contributed by atoms with Crippen LogP contribution in [0.25, 0.3) is 0 Å². The maximum atomic E-state index is 12.3. The number of amides is 2. The quantitative estimate of drug-likeness (QED) is 0.376. The molecule has 1 saturated heterocycles. The van der Waals surface area contributed by atoms with Gasteiger partial charge in [0.2, 0.25) is 0 Å². The first kappa shape index (κ1) is 21.4. The number of aliphatic imine (C=N–C) groups is 1. The highest BCUT2D eigenvalue weighted by Crippen LogP contribution is 2.27. The number of likely N-dealkylation sites (tertiary alicyclic amines) is 1. The zero-order valence-corrected chi connectivity index (χ0v) is 19.1. The number of nitrogens with zero attached hydrogens (tertiary/aromatic N) is 3. The lowest BCUT2D eigenvalue weighted by Crippen LogP contribution is -2.40. The van der Waals surface area contributed by atoms with Crippen molar-refractivity contribution in [2.75, 3.05) is 36.9 Å². The number of carbonyl (C=O) groups excluding carboxylic acids is 1. The van der Waals surface area contributed by atoms with Gasteiger partial charge in [0.25, 0.3) is 0 Å². The Morgan fingerprint density at radius 1 is 1.07 bits per heavy atom. The van der Waals surface area contributed by atoms with E-state index >= 15 is 0 Å². The topological polar surface area (TPSA) is 60.0 Å². The van der Waals surface area contributed by atoms with Crippen molar-refractivity contribution in [1.29, 1.82) is 0 Å². The molecule has 0 atom stereocenters. The number of halogens is 1. The fraction of sp³-hybridized carbons (Fsp3) is 0.364. The van der Waals surface area contributed by atoms with Gasteiger partial charge < -0.3 is 20.4 Å². The maximum absolute atomic E-state index is 12.3. The Hall–Kier alpha value is -2.29. The molecule has 0 aliphatic carbocycles. The number of hydrogen-bond donors (Lipinski definition) is 2. The minimum atomic E-state index is -0.00732. The third kappa shape index (κ3) is 5.01. The number of benzene rings is 2. The summed E-state index contributed by atoms with van der Waals surface area (Å²) in [6.07, 6.45) is 3.22. The highest BCUT2D eigenvalue weighted by molar-refractivity contribution is 14.0. The molecule has 2 aromatic carbocycles. The smallest absolute Gasteiger partial charge is 0.321 e. The number of rotatable bonds is 3. The van der Waals surface area contributed by atoms with E-state index in [9.17, 15) is 4.79 Å². The lowest BCUT2D eigenvalue weighted by atomic mass is 10.2. The fourth-order valence-corrected chi connectivity index (χ4v) is 3.92. The molecule has 154 valence electrons. The van der Waals surface area contributed by atoms with Crippen LogP contribution in [-0.4, -0.2) is 43.6 Å². The van der Waals surface area contributed by atoms with Crippen LogP contribution < -0.4 is 15.5 Å². The second kappa shape index (κ2) is 9.96. The summed E-state index contributed by atoms with van der Waals surface area (Å²) in [7, 11) is 1.82. The molecule has 2 aliphatic rings. The number of nitrogens with one attached hydrogen (secondary N) is 2. The molecular weight excluding hydrogens is 477 g/mol. The van der Waals surface area contributed by atoms with Crippen LogP contribution in [0.3, 0.4) is 0 Å². The van der Waals surface area contributed by atoms with Crippen molar-refractivity contribution >= 4 is 47.3 Å². The van der Waals surface area contributed by atoms with E-state index in [1.165, 1.54) is 11.3 Å². The monoisotopic (exact) mass is 505 g/mol. The normalized spacial score (nSPS) is 15.7.